The van der Waals surface area contributed by atoms with E-state index >= 15 is 0 Å². The van der Waals surface area contributed by atoms with Crippen molar-refractivity contribution in [3.63, 3.8) is 0 Å². The second-order valence-electron chi connectivity index (χ2n) is 3.41. The minimum absolute atomic E-state index is 0.0105. The molecule has 5 heteroatoms. The van der Waals surface area contributed by atoms with Crippen LogP contribution < -0.4 is 0 Å². The molecular weight excluding hydrogens is 450 g/mol. The normalized spacial score (nSPS) is 11.8. The smallest absolute Gasteiger partial charge is 0.182 e. The number of hydrogen-bond acceptors (Lipinski definition) is 2. The number of sulfone groups is 1. The Balaban J connectivity index is 3.41. The molecule has 0 heterocycles. The third-order valence-corrected chi connectivity index (χ3v) is 5.12. The molecule has 0 bridgehead atoms. The molecule has 0 saturated heterocycles. The van der Waals surface area contributed by atoms with Gasteiger partial charge in [-0.1, -0.05) is 63.4 Å². The first-order valence-electron chi connectivity index (χ1n) is 4.61. The van der Waals surface area contributed by atoms with Gasteiger partial charge in [0.05, 0.1) is 12.6 Å². The van der Waals surface area contributed by atoms with Crippen molar-refractivity contribution < 1.29 is 8.42 Å². The van der Waals surface area contributed by atoms with Gasteiger partial charge in [0, 0.05) is 0 Å². The average molecular weight is 462 g/mol. The Morgan fingerprint density at radius 2 is 2.06 bits per heavy atom. The summed E-state index contributed by atoms with van der Waals surface area (Å²) in [6.07, 6.45) is 1.43. The summed E-state index contributed by atoms with van der Waals surface area (Å²) in [5, 5.41) is 0. The van der Waals surface area contributed by atoms with Crippen molar-refractivity contribution in [1.29, 1.82) is 0 Å². The van der Waals surface area contributed by atoms with E-state index < -0.39 is 9.84 Å². The van der Waals surface area contributed by atoms with Gasteiger partial charge < -0.3 is 0 Å². The van der Waals surface area contributed by atoms with Crippen LogP contribution in [0.5, 0.6) is 0 Å². The maximum absolute atomic E-state index is 12.0. The number of hydrogen-bond donors (Lipinski definition) is 0. The maximum Gasteiger partial charge on any atom is 0.182 e. The van der Waals surface area contributed by atoms with Crippen LogP contribution in [-0.4, -0.2) is 14.2 Å². The molecule has 0 radical (unpaired) electrons. The zero-order chi connectivity index (χ0) is 12.3. The van der Waals surface area contributed by atoms with Gasteiger partial charge in [-0.25, -0.2) is 8.42 Å². The molecule has 1 aromatic rings. The molecule has 0 aliphatic heterocycles. The molecule has 0 spiro atoms. The molecule has 0 aromatic heterocycles. The van der Waals surface area contributed by atoms with E-state index in [9.17, 15) is 8.42 Å². The van der Waals surface area contributed by atoms with Crippen molar-refractivity contribution >= 4 is 55.0 Å². The Kier molecular flexibility index (Phi) is 5.24. The van der Waals surface area contributed by atoms with Gasteiger partial charge in [0.15, 0.2) is 9.84 Å². The molecule has 0 N–H and O–H groups in total. The van der Waals surface area contributed by atoms with Crippen molar-refractivity contribution in [2.45, 2.75) is 13.8 Å². The van der Waals surface area contributed by atoms with E-state index in [2.05, 4.69) is 51.8 Å². The first-order chi connectivity index (χ1) is 7.38. The van der Waals surface area contributed by atoms with Crippen LogP contribution in [0.2, 0.25) is 0 Å². The molecule has 0 saturated carbocycles. The van der Waals surface area contributed by atoms with Crippen molar-refractivity contribution in [1.82, 2.24) is 0 Å². The molecule has 88 valence electrons. The molecule has 0 amide bonds. The SMILES string of the molecule is C=CCS(=O)(=O)c1cc(C)ccc1C(I)I. The molecule has 2 nitrogen and oxygen atoms in total. The van der Waals surface area contributed by atoms with Gasteiger partial charge in [-0.2, -0.15) is 0 Å². The molecule has 0 unspecified atom stereocenters. The summed E-state index contributed by atoms with van der Waals surface area (Å²) < 4.78 is 24.2. The van der Waals surface area contributed by atoms with E-state index in [4.69, 9.17) is 0 Å². The van der Waals surface area contributed by atoms with Gasteiger partial charge in [-0.15, -0.1) is 6.58 Å². The van der Waals surface area contributed by atoms with Gasteiger partial charge in [0.1, 0.15) is 0 Å². The van der Waals surface area contributed by atoms with Crippen LogP contribution in [0.1, 0.15) is 13.1 Å². The largest absolute Gasteiger partial charge is 0.223 e. The van der Waals surface area contributed by atoms with Crippen molar-refractivity contribution in [3.05, 3.63) is 42.0 Å². The molecule has 1 rings (SSSR count). The number of rotatable bonds is 4. The summed E-state index contributed by atoms with van der Waals surface area (Å²) in [7, 11) is -3.24. The Morgan fingerprint density at radius 1 is 1.44 bits per heavy atom. The monoisotopic (exact) mass is 462 g/mol. The quantitative estimate of drug-likeness (QED) is 0.388. The van der Waals surface area contributed by atoms with E-state index in [1.54, 1.807) is 6.07 Å². The summed E-state index contributed by atoms with van der Waals surface area (Å²) in [5.41, 5.74) is 1.81. The van der Waals surface area contributed by atoms with Crippen LogP contribution >= 0.6 is 45.2 Å². The van der Waals surface area contributed by atoms with Crippen LogP contribution in [0.15, 0.2) is 35.7 Å². The first kappa shape index (κ1) is 14.4. The van der Waals surface area contributed by atoms with E-state index in [1.807, 2.05) is 19.1 Å². The van der Waals surface area contributed by atoms with E-state index in [-0.39, 0.29) is 7.68 Å². The second kappa shape index (κ2) is 5.81. The lowest BCUT2D eigenvalue weighted by molar-refractivity contribution is 0.598. The van der Waals surface area contributed by atoms with Gasteiger partial charge in [0.2, 0.25) is 0 Å². The molecule has 0 aliphatic rings. The Bertz CT molecular complexity index is 493. The minimum atomic E-state index is -3.24. The van der Waals surface area contributed by atoms with Crippen molar-refractivity contribution in [2.75, 3.05) is 5.75 Å². The molecule has 16 heavy (non-hydrogen) atoms. The van der Waals surface area contributed by atoms with E-state index in [0.717, 1.165) is 11.1 Å². The summed E-state index contributed by atoms with van der Waals surface area (Å²) in [4.78, 5) is 0.432. The topological polar surface area (TPSA) is 34.1 Å². The highest BCUT2D eigenvalue weighted by Crippen LogP contribution is 2.35. The molecule has 0 fully saturated rings. The van der Waals surface area contributed by atoms with Gasteiger partial charge in [-0.3, -0.25) is 0 Å². The average Bonchev–Trinajstić information content (AvgIpc) is 2.17. The van der Waals surface area contributed by atoms with Crippen molar-refractivity contribution in [2.24, 2.45) is 0 Å². The predicted molar refractivity (Wildman–Crippen MR) is 84.2 cm³/mol. The fourth-order valence-electron chi connectivity index (χ4n) is 1.34. The lowest BCUT2D eigenvalue weighted by atomic mass is 10.2. The standard InChI is InChI=1S/C11H12I2O2S/c1-3-6-16(14,15)10-7-8(2)4-5-9(10)11(12)13/h3-5,7,11H,1,6H2,2H3. The fourth-order valence-corrected chi connectivity index (χ4v) is 4.25. The number of halogens is 2. The summed E-state index contributed by atoms with van der Waals surface area (Å²) in [6, 6.07) is 5.56. The number of alkyl halides is 2. The van der Waals surface area contributed by atoms with Crippen LogP contribution in [-0.2, 0) is 9.84 Å². The molecular formula is C11H12I2O2S. The third-order valence-electron chi connectivity index (χ3n) is 2.08. The van der Waals surface area contributed by atoms with Gasteiger partial charge >= 0.3 is 0 Å². The molecule has 1 aromatic carbocycles. The molecule has 0 atom stereocenters. The van der Waals surface area contributed by atoms with Crippen LogP contribution in [0.3, 0.4) is 0 Å². The minimum Gasteiger partial charge on any atom is -0.223 e. The van der Waals surface area contributed by atoms with E-state index in [1.165, 1.54) is 6.08 Å². The number of benzene rings is 1. The van der Waals surface area contributed by atoms with Gasteiger partial charge in [0.25, 0.3) is 0 Å². The Labute approximate surface area is 124 Å². The summed E-state index contributed by atoms with van der Waals surface area (Å²) in [6.45, 7) is 5.38. The lowest BCUT2D eigenvalue weighted by Crippen LogP contribution is -2.08. The third kappa shape index (κ3) is 3.43. The van der Waals surface area contributed by atoms with E-state index in [0.29, 0.717) is 4.90 Å². The molecule has 0 aliphatic carbocycles. The maximum atomic E-state index is 12.0. The Morgan fingerprint density at radius 3 is 2.56 bits per heavy atom. The number of aryl methyl sites for hydroxylation is 1. The predicted octanol–water partition coefficient (Wildman–Crippen LogP) is 3.82. The first-order valence-corrected chi connectivity index (χ1v) is 8.75. The van der Waals surface area contributed by atoms with Crippen molar-refractivity contribution in [3.8, 4) is 0 Å². The summed E-state index contributed by atoms with van der Waals surface area (Å²) >= 11 is 4.42. The summed E-state index contributed by atoms with van der Waals surface area (Å²) in [5.74, 6) is -0.0105. The van der Waals surface area contributed by atoms with Crippen LogP contribution in [0.25, 0.3) is 0 Å². The van der Waals surface area contributed by atoms with Gasteiger partial charge in [-0.05, 0) is 24.1 Å². The second-order valence-corrected chi connectivity index (χ2v) is 10.3. The Hall–Kier alpha value is 0.370. The lowest BCUT2D eigenvalue weighted by Gasteiger charge is -2.11. The highest BCUT2D eigenvalue weighted by molar-refractivity contribution is 14.2. The fraction of sp³-hybridized carbons (Fsp3) is 0.273. The highest BCUT2D eigenvalue weighted by atomic mass is 127. The zero-order valence-corrected chi connectivity index (χ0v) is 13.9. The zero-order valence-electron chi connectivity index (χ0n) is 8.78. The van der Waals surface area contributed by atoms with Crippen LogP contribution in [0, 0.1) is 6.92 Å². The van der Waals surface area contributed by atoms with Crippen LogP contribution in [0.4, 0.5) is 0 Å². The highest BCUT2D eigenvalue weighted by Gasteiger charge is 2.20.